The van der Waals surface area contributed by atoms with Gasteiger partial charge in [-0.1, -0.05) is 24.6 Å². The number of hydrogen-bond donors (Lipinski definition) is 0. The molecule has 0 saturated carbocycles. The van der Waals surface area contributed by atoms with Crippen molar-refractivity contribution in [3.63, 3.8) is 0 Å². The lowest BCUT2D eigenvalue weighted by molar-refractivity contribution is 0.613. The molecule has 2 heterocycles. The fourth-order valence-corrected chi connectivity index (χ4v) is 6.73. The van der Waals surface area contributed by atoms with Crippen LogP contribution in [-0.4, -0.2) is 10.5 Å². The minimum Gasteiger partial charge on any atom is -0.0619 e. The van der Waals surface area contributed by atoms with Crippen molar-refractivity contribution in [3.05, 3.63) is 30.3 Å². The lowest BCUT2D eigenvalue weighted by Crippen LogP contribution is -2.25. The molecule has 2 bridgehead atoms. The van der Waals surface area contributed by atoms with Crippen LogP contribution in [0.5, 0.6) is 0 Å². The third kappa shape index (κ3) is 2.02. The van der Waals surface area contributed by atoms with E-state index in [2.05, 4.69) is 30.3 Å². The molecule has 0 N–H and O–H groups in total. The number of rotatable bonds is 1. The van der Waals surface area contributed by atoms with Gasteiger partial charge in [-0.15, -0.1) is 0 Å². The molecule has 2 fully saturated rings. The maximum Gasteiger partial charge on any atom is 0.155 e. The van der Waals surface area contributed by atoms with Gasteiger partial charge in [0, 0.05) is 23.7 Å². The van der Waals surface area contributed by atoms with E-state index >= 15 is 0 Å². The molecule has 3 rings (SSSR count). The second-order valence-electron chi connectivity index (χ2n) is 5.14. The van der Waals surface area contributed by atoms with Crippen molar-refractivity contribution >= 4 is 10.9 Å². The first-order chi connectivity index (χ1) is 7.95. The fraction of sp³-hybridized carbons (Fsp3) is 0.600. The van der Waals surface area contributed by atoms with Gasteiger partial charge in [-0.3, -0.25) is 0 Å². The van der Waals surface area contributed by atoms with Crippen molar-refractivity contribution in [2.45, 2.75) is 60.3 Å². The first-order valence-corrected chi connectivity index (χ1v) is 8.07. The van der Waals surface area contributed by atoms with E-state index in [-0.39, 0.29) is 0 Å². The molecule has 0 radical (unpaired) electrons. The average molecular weight is 233 g/mol. The zero-order valence-corrected chi connectivity index (χ0v) is 10.7. The molecule has 2 saturated heterocycles. The van der Waals surface area contributed by atoms with Crippen LogP contribution in [0.4, 0.5) is 0 Å². The first kappa shape index (κ1) is 10.7. The molecule has 0 nitrogen and oxygen atoms in total. The molecule has 0 aliphatic carbocycles. The van der Waals surface area contributed by atoms with Crippen LogP contribution < -0.4 is 0 Å². The molecule has 1 aromatic carbocycles. The van der Waals surface area contributed by atoms with Gasteiger partial charge in [0.05, 0.1) is 0 Å². The maximum absolute atomic E-state index is 2.37. The molecular formula is C15H21S+. The van der Waals surface area contributed by atoms with Gasteiger partial charge in [0.15, 0.2) is 4.90 Å². The number of fused-ring (bicyclic) bond motifs is 2. The van der Waals surface area contributed by atoms with E-state index in [1.807, 2.05) is 0 Å². The van der Waals surface area contributed by atoms with E-state index in [0.29, 0.717) is 10.9 Å². The number of hydrogen-bond acceptors (Lipinski definition) is 0. The van der Waals surface area contributed by atoms with E-state index in [4.69, 9.17) is 0 Å². The molecule has 0 amide bonds. The molecule has 2 atom stereocenters. The summed E-state index contributed by atoms with van der Waals surface area (Å²) >= 11 is 0. The highest BCUT2D eigenvalue weighted by Gasteiger charge is 2.46. The highest BCUT2D eigenvalue weighted by molar-refractivity contribution is 7.98. The van der Waals surface area contributed by atoms with Gasteiger partial charge in [0.25, 0.3) is 0 Å². The predicted molar refractivity (Wildman–Crippen MR) is 72.0 cm³/mol. The minimum absolute atomic E-state index is 0.585. The van der Waals surface area contributed by atoms with Gasteiger partial charge in [-0.2, -0.15) is 0 Å². The van der Waals surface area contributed by atoms with Crippen molar-refractivity contribution in [2.75, 3.05) is 0 Å². The van der Waals surface area contributed by atoms with Crippen molar-refractivity contribution in [3.8, 4) is 0 Å². The molecule has 2 aliphatic heterocycles. The summed E-state index contributed by atoms with van der Waals surface area (Å²) < 4.78 is 0. The number of benzene rings is 1. The Morgan fingerprint density at radius 3 is 2.00 bits per heavy atom. The van der Waals surface area contributed by atoms with Gasteiger partial charge in [-0.05, 0) is 37.8 Å². The maximum atomic E-state index is 2.37. The van der Waals surface area contributed by atoms with E-state index < -0.39 is 0 Å². The van der Waals surface area contributed by atoms with Crippen LogP contribution in [0.3, 0.4) is 0 Å². The van der Waals surface area contributed by atoms with E-state index in [1.54, 1.807) is 4.90 Å². The monoisotopic (exact) mass is 233 g/mol. The molecule has 1 aromatic rings. The molecule has 0 spiro atoms. The molecule has 2 aliphatic rings. The Morgan fingerprint density at radius 1 is 0.750 bits per heavy atom. The van der Waals surface area contributed by atoms with Gasteiger partial charge in [0.2, 0.25) is 0 Å². The van der Waals surface area contributed by atoms with Crippen molar-refractivity contribution in [1.29, 1.82) is 0 Å². The fourth-order valence-electron chi connectivity index (χ4n) is 3.32. The summed E-state index contributed by atoms with van der Waals surface area (Å²) in [6.07, 6.45) is 10.4. The predicted octanol–water partition coefficient (Wildman–Crippen LogP) is 4.16. The summed E-state index contributed by atoms with van der Waals surface area (Å²) in [5.41, 5.74) is 0. The lowest BCUT2D eigenvalue weighted by Gasteiger charge is -2.19. The van der Waals surface area contributed by atoms with Crippen molar-refractivity contribution in [1.82, 2.24) is 0 Å². The molecule has 86 valence electrons. The zero-order chi connectivity index (χ0) is 10.8. The Labute approximate surface area is 102 Å². The summed E-state index contributed by atoms with van der Waals surface area (Å²) in [4.78, 5) is 1.65. The zero-order valence-electron chi connectivity index (χ0n) is 9.90. The van der Waals surface area contributed by atoms with Gasteiger partial charge < -0.3 is 0 Å². The molecule has 1 heteroatoms. The third-order valence-corrected chi connectivity index (χ3v) is 7.29. The molecule has 2 unspecified atom stereocenters. The summed E-state index contributed by atoms with van der Waals surface area (Å²) in [5.74, 6) is 0. The van der Waals surface area contributed by atoms with Crippen LogP contribution in [0.25, 0.3) is 0 Å². The van der Waals surface area contributed by atoms with Crippen LogP contribution in [0.2, 0.25) is 0 Å². The van der Waals surface area contributed by atoms with Crippen LogP contribution in [0, 0.1) is 0 Å². The third-order valence-electron chi connectivity index (χ3n) is 4.10. The van der Waals surface area contributed by atoms with Crippen molar-refractivity contribution in [2.24, 2.45) is 0 Å². The van der Waals surface area contributed by atoms with Gasteiger partial charge >= 0.3 is 0 Å². The smallest absolute Gasteiger partial charge is 0.0619 e. The minimum atomic E-state index is 0.585. The largest absolute Gasteiger partial charge is 0.155 e. The topological polar surface area (TPSA) is 0 Å². The summed E-state index contributed by atoms with van der Waals surface area (Å²) in [5, 5.41) is 2.04. The second-order valence-corrected chi connectivity index (χ2v) is 7.69. The highest BCUT2D eigenvalue weighted by atomic mass is 32.2. The van der Waals surface area contributed by atoms with E-state index in [1.165, 1.54) is 44.9 Å². The summed E-state index contributed by atoms with van der Waals surface area (Å²) in [7, 11) is 0.585. The summed E-state index contributed by atoms with van der Waals surface area (Å²) in [6, 6.07) is 11.3. The molecular weight excluding hydrogens is 212 g/mol. The Morgan fingerprint density at radius 2 is 1.38 bits per heavy atom. The van der Waals surface area contributed by atoms with Crippen molar-refractivity contribution < 1.29 is 0 Å². The molecule has 16 heavy (non-hydrogen) atoms. The normalized spacial score (nSPS) is 34.4. The van der Waals surface area contributed by atoms with E-state index in [0.717, 1.165) is 10.5 Å². The highest BCUT2D eigenvalue weighted by Crippen LogP contribution is 2.41. The van der Waals surface area contributed by atoms with Crippen LogP contribution in [0.1, 0.15) is 44.9 Å². The Hall–Kier alpha value is -0.430. The second kappa shape index (κ2) is 4.83. The SMILES string of the molecule is c1ccc([S+]2C3CCCCCC2CC3)cc1. The standard InChI is InChI=1S/C15H21S/c1-3-7-13(8-4-1)16-14-9-5-2-6-10-15(16)12-11-14/h1,3-4,7-8,14-15H,2,5-6,9-12H2/q+1. The quantitative estimate of drug-likeness (QED) is 0.639. The van der Waals surface area contributed by atoms with E-state index in [9.17, 15) is 0 Å². The molecule has 0 aromatic heterocycles. The van der Waals surface area contributed by atoms with Crippen LogP contribution >= 0.6 is 0 Å². The Bertz CT molecular complexity index is 319. The van der Waals surface area contributed by atoms with Crippen LogP contribution in [0.15, 0.2) is 35.2 Å². The Balaban J connectivity index is 1.87. The van der Waals surface area contributed by atoms with Gasteiger partial charge in [0.1, 0.15) is 10.5 Å². The van der Waals surface area contributed by atoms with Gasteiger partial charge in [-0.25, -0.2) is 0 Å². The first-order valence-electron chi connectivity index (χ1n) is 6.72. The summed E-state index contributed by atoms with van der Waals surface area (Å²) in [6.45, 7) is 0. The average Bonchev–Trinajstić information content (AvgIpc) is 2.74. The lowest BCUT2D eigenvalue weighted by atomic mass is 10.1. The van der Waals surface area contributed by atoms with Crippen LogP contribution in [-0.2, 0) is 10.9 Å². The Kier molecular flexibility index (Phi) is 3.23.